The molecule has 0 radical (unpaired) electrons. The van der Waals surface area contributed by atoms with Crippen molar-refractivity contribution in [1.82, 2.24) is 16.0 Å². The molecular weight excluding hydrogens is 1620 g/mol. The number of hydrogen-bond donors (Lipinski definition) is 31. The second-order valence-corrected chi connectivity index (χ2v) is 30.0. The van der Waals surface area contributed by atoms with Crippen molar-refractivity contribution < 1.29 is 243 Å². The Morgan fingerprint density at radius 2 is 0.568 bits per heavy atom. The number of amides is 3. The summed E-state index contributed by atoms with van der Waals surface area (Å²) in [6.45, 7) is -5.40. The molecule has 52 nitrogen and oxygen atoms in total. The summed E-state index contributed by atoms with van der Waals surface area (Å²) in [7, 11) is 0. The van der Waals surface area contributed by atoms with E-state index in [9.17, 15) is 157 Å². The predicted molar refractivity (Wildman–Crippen MR) is 364 cm³/mol. The molecule has 9 rings (SSSR count). The van der Waals surface area contributed by atoms with Crippen LogP contribution in [0.15, 0.2) is 0 Å². The van der Waals surface area contributed by atoms with Gasteiger partial charge >= 0.3 is 0 Å². The van der Waals surface area contributed by atoms with E-state index in [0.29, 0.717) is 0 Å². The summed E-state index contributed by atoms with van der Waals surface area (Å²) in [5, 5.41) is 316. The van der Waals surface area contributed by atoms with Crippen LogP contribution in [-0.4, -0.2) is 521 Å². The lowest BCUT2D eigenvalue weighted by atomic mass is 9.93. The van der Waals surface area contributed by atoms with Crippen molar-refractivity contribution in [2.45, 2.75) is 335 Å². The van der Waals surface area contributed by atoms with Crippen molar-refractivity contribution in [3.63, 3.8) is 0 Å². The zero-order valence-corrected chi connectivity index (χ0v) is 63.7. The summed E-state index contributed by atoms with van der Waals surface area (Å²) in [5.41, 5.74) is 0. The summed E-state index contributed by atoms with van der Waals surface area (Å²) < 4.78 is 108. The van der Waals surface area contributed by atoms with E-state index in [1.165, 1.54) is 13.8 Å². The molecular formula is C66H113N3O49. The molecule has 0 saturated carbocycles. The Morgan fingerprint density at radius 1 is 0.288 bits per heavy atom. The zero-order valence-electron chi connectivity index (χ0n) is 63.7. The third kappa shape index (κ3) is 21.8. The minimum absolute atomic E-state index is 0.903. The Balaban J connectivity index is 1.07. The summed E-state index contributed by atoms with van der Waals surface area (Å²) in [6.07, 6.45) is -96.8. The highest BCUT2D eigenvalue weighted by molar-refractivity contribution is 5.74. The molecule has 9 fully saturated rings. The molecule has 9 heterocycles. The lowest BCUT2D eigenvalue weighted by Crippen LogP contribution is -2.71. The van der Waals surface area contributed by atoms with Crippen molar-refractivity contribution in [3.8, 4) is 0 Å². The Morgan fingerprint density at radius 3 is 0.958 bits per heavy atom. The Bertz CT molecular complexity index is 3080. The van der Waals surface area contributed by atoms with Crippen molar-refractivity contribution in [2.75, 3.05) is 59.5 Å². The second-order valence-electron chi connectivity index (χ2n) is 30.0. The number of carbonyl (C=O) groups is 3. The molecule has 0 spiro atoms. The van der Waals surface area contributed by atoms with Crippen LogP contribution in [0.1, 0.15) is 34.6 Å². The van der Waals surface area contributed by atoms with Gasteiger partial charge in [-0.2, -0.15) is 0 Å². The molecule has 9 aliphatic rings. The lowest BCUT2D eigenvalue weighted by molar-refractivity contribution is -0.393. The van der Waals surface area contributed by atoms with Gasteiger partial charge in [-0.15, -0.1) is 0 Å². The second kappa shape index (κ2) is 43.2. The number of aliphatic hydroxyl groups excluding tert-OH is 28. The Labute approximate surface area is 669 Å². The molecule has 0 unspecified atom stereocenters. The summed E-state index contributed by atoms with van der Waals surface area (Å²) in [5.74, 6) is -3.00. The average molecular weight is 1730 g/mol. The first-order valence-electron chi connectivity index (χ1n) is 37.8. The van der Waals surface area contributed by atoms with Crippen LogP contribution in [0.4, 0.5) is 0 Å². The summed E-state index contributed by atoms with van der Waals surface area (Å²) >= 11 is 0. The zero-order chi connectivity index (χ0) is 87.2. The SMILES string of the molecule is CC(=O)N[C@H]1[C@H](O[C@H]2[C@@H](O)[C@@H](CO[C@@H]3O[C@H](CO)[C@@H](O[C@@H]4O[C@H](CO)[C@H](O)[C@H](O[C@@H]5O[C@H](CO)[C@@H](O)[C@H](O[C@@H]6O[C@H](CO)[C@H](O)[C@H](O)[C@H]6O)[C@H]5NC(C)=O)[C@H]4O)[C@H](O[C@@H]4O[C@@H](C)[C@@H](O)[C@@H](O)[C@@H]4O)[C@H]3NC(C)=O)O[C@@H](O[C@@H]([C@H](O)[C@@H](O)CO)[C@H](O)CO)[C@@H]2O)O[C@H](CO)[C@@H](O[C@@H]2O[C@H](CO)[C@H](O)[C@H](O)[C@H]2O)[C@@H]1O[C@@H]1O[C@@H](C)[C@@H](O)[C@@H](O)[C@@H]1O. The van der Waals surface area contributed by atoms with Crippen LogP contribution in [0.25, 0.3) is 0 Å². The van der Waals surface area contributed by atoms with Crippen LogP contribution < -0.4 is 16.0 Å². The molecule has 0 bridgehead atoms. The van der Waals surface area contributed by atoms with Gasteiger partial charge in [0.15, 0.2) is 56.6 Å². The first-order chi connectivity index (χ1) is 55.7. The minimum Gasteiger partial charge on any atom is -0.394 e. The number of aliphatic hydroxyl groups is 28. The van der Waals surface area contributed by atoms with Crippen molar-refractivity contribution in [3.05, 3.63) is 0 Å². The normalized spacial score (nSPS) is 48.2. The third-order valence-electron chi connectivity index (χ3n) is 21.6. The van der Waals surface area contributed by atoms with Crippen LogP contribution in [0.2, 0.25) is 0 Å². The number of carbonyl (C=O) groups excluding carboxylic acids is 3. The molecule has 9 aliphatic heterocycles. The van der Waals surface area contributed by atoms with Gasteiger partial charge in [0.25, 0.3) is 0 Å². The molecule has 52 heteroatoms. The molecule has 686 valence electrons. The first-order valence-corrected chi connectivity index (χ1v) is 37.8. The molecule has 31 N–H and O–H groups in total. The van der Waals surface area contributed by atoms with Crippen molar-refractivity contribution in [2.24, 2.45) is 0 Å². The van der Waals surface area contributed by atoms with Crippen LogP contribution in [0.3, 0.4) is 0 Å². The Kier molecular flexibility index (Phi) is 36.0. The van der Waals surface area contributed by atoms with E-state index in [-0.39, 0.29) is 0 Å². The van der Waals surface area contributed by atoms with E-state index >= 15 is 0 Å². The van der Waals surface area contributed by atoms with Gasteiger partial charge in [-0.05, 0) is 13.8 Å². The maximum absolute atomic E-state index is 13.7. The van der Waals surface area contributed by atoms with E-state index in [1.807, 2.05) is 0 Å². The number of ether oxygens (including phenoxy) is 18. The molecule has 3 amide bonds. The fourth-order valence-electron chi connectivity index (χ4n) is 15.0. The third-order valence-corrected chi connectivity index (χ3v) is 21.6. The van der Waals surface area contributed by atoms with E-state index in [2.05, 4.69) is 16.0 Å². The van der Waals surface area contributed by atoms with Crippen LogP contribution >= 0.6 is 0 Å². The maximum Gasteiger partial charge on any atom is 0.217 e. The number of rotatable bonds is 33. The minimum atomic E-state index is -2.58. The van der Waals surface area contributed by atoms with Crippen molar-refractivity contribution in [1.29, 1.82) is 0 Å². The van der Waals surface area contributed by atoms with E-state index in [4.69, 9.17) is 85.3 Å². The maximum atomic E-state index is 13.7. The lowest BCUT2D eigenvalue weighted by Gasteiger charge is -2.52. The van der Waals surface area contributed by atoms with Crippen LogP contribution in [-0.2, 0) is 99.6 Å². The molecule has 0 aliphatic carbocycles. The van der Waals surface area contributed by atoms with Gasteiger partial charge in [0.1, 0.15) is 232 Å². The monoisotopic (exact) mass is 1730 g/mol. The number of hydrogen-bond acceptors (Lipinski definition) is 49. The van der Waals surface area contributed by atoms with E-state index in [1.54, 1.807) is 0 Å². The quantitative estimate of drug-likeness (QED) is 0.0290. The summed E-state index contributed by atoms with van der Waals surface area (Å²) in [4.78, 5) is 40.1. The highest BCUT2D eigenvalue weighted by Gasteiger charge is 2.62. The van der Waals surface area contributed by atoms with Crippen molar-refractivity contribution >= 4 is 17.7 Å². The van der Waals surface area contributed by atoms with Gasteiger partial charge in [0, 0.05) is 20.8 Å². The van der Waals surface area contributed by atoms with E-state index < -0.39 is 378 Å². The smallest absolute Gasteiger partial charge is 0.217 e. The van der Waals surface area contributed by atoms with Crippen LogP contribution in [0.5, 0.6) is 0 Å². The first kappa shape index (κ1) is 98.4. The Hall–Kier alpha value is -3.43. The molecule has 0 aromatic carbocycles. The van der Waals surface area contributed by atoms with Gasteiger partial charge < -0.3 is 244 Å². The van der Waals surface area contributed by atoms with Gasteiger partial charge in [-0.3, -0.25) is 14.4 Å². The molecule has 0 aromatic rings. The van der Waals surface area contributed by atoms with Crippen LogP contribution in [0, 0.1) is 0 Å². The van der Waals surface area contributed by atoms with Gasteiger partial charge in [0.2, 0.25) is 17.7 Å². The largest absolute Gasteiger partial charge is 0.394 e. The fourth-order valence-corrected chi connectivity index (χ4v) is 15.0. The molecule has 118 heavy (non-hydrogen) atoms. The topological polar surface area (TPSA) is 820 Å². The van der Waals surface area contributed by atoms with Gasteiger partial charge in [0.05, 0.1) is 71.7 Å². The summed E-state index contributed by atoms with van der Waals surface area (Å²) in [6, 6.07) is -5.99. The highest BCUT2D eigenvalue weighted by Crippen LogP contribution is 2.41. The molecule has 9 saturated heterocycles. The predicted octanol–water partition coefficient (Wildman–Crippen LogP) is -20.7. The standard InChI is InChI=1S/C66H113N3O49/c1-15-32(83)40(91)44(95)61(102-15)115-54-30(68-18(4)79)58(108-26(12-76)51(54)113-65-48(99)56(38(89)25(11-75)107-65)117-59-29(67-17(3)78)53(37(88)24(10-74)104-59)114-64-47(98)43(94)36(87)23(9-73)106-64)101-14-28-39(90)57(49(100)66(110-28)111-50(21(82)7-71)34(85)20(81)6-70)118-60-31(69-19(5)80)55(116-62-45(96)41(92)33(84)16(2)103-62)52(27(13-77)109-60)112-63-46(97)42(93)35(86)22(8-72)105-63/h15-16,20-66,70-77,81-100H,6-14H2,1-5H3,(H,67,78)(H,68,79)(H,69,80)/t15-,16-,20-,21+,22+,23+,24+,25+,26+,27+,28+,29+,30+,31+,32+,33+,34+,35-,36-,37+,38-,39-,40+,41+,42-,43-,44-,45-,46+,47+,48+,49+,50+,51+,52+,53+,54+,55+,56-,57-,58+,59-,60-,61-,62-,63-,64-,65-,66-/m0/s1. The van der Waals surface area contributed by atoms with E-state index in [0.717, 1.165) is 20.8 Å². The highest BCUT2D eigenvalue weighted by atomic mass is 16.8. The average Bonchev–Trinajstić information content (AvgIpc) is 0.763. The molecule has 0 aromatic heterocycles. The number of nitrogens with one attached hydrogen (secondary N) is 3. The fraction of sp³-hybridized carbons (Fsp3) is 0.955. The van der Waals surface area contributed by atoms with Gasteiger partial charge in [-0.25, -0.2) is 0 Å². The van der Waals surface area contributed by atoms with Gasteiger partial charge in [-0.1, -0.05) is 0 Å². The molecule has 49 atom stereocenters.